The van der Waals surface area contributed by atoms with E-state index in [1.165, 1.54) is 0 Å². The molecule has 0 spiro atoms. The second-order valence-corrected chi connectivity index (χ2v) is 3.72. The summed E-state index contributed by atoms with van der Waals surface area (Å²) in [7, 11) is 0. The van der Waals surface area contributed by atoms with Gasteiger partial charge in [0.1, 0.15) is 11.3 Å². The number of hydrogen-bond donors (Lipinski definition) is 1. The lowest BCUT2D eigenvalue weighted by Crippen LogP contribution is -1.87. The highest BCUT2D eigenvalue weighted by Gasteiger charge is 2.03. The standard InChI is InChI=1S/C9H7BrN2O/c1-5-4-11-7-2-6(10)3-8(13)9(7)12-5/h2-4,13H,1H3. The van der Waals surface area contributed by atoms with E-state index in [1.807, 2.05) is 13.0 Å². The number of hydrogen-bond acceptors (Lipinski definition) is 3. The minimum atomic E-state index is 0.153. The van der Waals surface area contributed by atoms with E-state index in [-0.39, 0.29) is 5.75 Å². The largest absolute Gasteiger partial charge is 0.506 e. The predicted octanol–water partition coefficient (Wildman–Crippen LogP) is 2.41. The van der Waals surface area contributed by atoms with Crippen molar-refractivity contribution in [1.29, 1.82) is 0 Å². The van der Waals surface area contributed by atoms with Crippen LogP contribution >= 0.6 is 15.9 Å². The maximum atomic E-state index is 9.54. The summed E-state index contributed by atoms with van der Waals surface area (Å²) in [6.07, 6.45) is 1.67. The van der Waals surface area contributed by atoms with Crippen molar-refractivity contribution in [2.45, 2.75) is 6.92 Å². The molecule has 0 saturated heterocycles. The van der Waals surface area contributed by atoms with E-state index in [0.717, 1.165) is 10.2 Å². The Morgan fingerprint density at radius 1 is 1.38 bits per heavy atom. The molecular formula is C9H7BrN2O. The van der Waals surface area contributed by atoms with Crippen molar-refractivity contribution in [2.24, 2.45) is 0 Å². The van der Waals surface area contributed by atoms with Crippen LogP contribution in [0.1, 0.15) is 5.69 Å². The van der Waals surface area contributed by atoms with Crippen LogP contribution in [0.3, 0.4) is 0 Å². The van der Waals surface area contributed by atoms with Crippen LogP contribution in [0.2, 0.25) is 0 Å². The number of fused-ring (bicyclic) bond motifs is 1. The van der Waals surface area contributed by atoms with E-state index in [0.29, 0.717) is 11.0 Å². The number of aryl methyl sites for hydroxylation is 1. The normalized spacial score (nSPS) is 10.6. The van der Waals surface area contributed by atoms with Crippen LogP contribution in [-0.4, -0.2) is 15.1 Å². The van der Waals surface area contributed by atoms with E-state index < -0.39 is 0 Å². The molecule has 3 nitrogen and oxygen atoms in total. The molecule has 1 aromatic heterocycles. The molecule has 13 heavy (non-hydrogen) atoms. The van der Waals surface area contributed by atoms with Gasteiger partial charge in [-0.15, -0.1) is 0 Å². The highest BCUT2D eigenvalue weighted by atomic mass is 79.9. The van der Waals surface area contributed by atoms with Crippen molar-refractivity contribution in [3.8, 4) is 5.75 Å². The molecule has 0 radical (unpaired) electrons. The monoisotopic (exact) mass is 238 g/mol. The molecule has 0 unspecified atom stereocenters. The number of aromatic hydroxyl groups is 1. The third-order valence-corrected chi connectivity index (χ3v) is 2.17. The Morgan fingerprint density at radius 2 is 2.15 bits per heavy atom. The van der Waals surface area contributed by atoms with Crippen LogP contribution in [0.4, 0.5) is 0 Å². The molecule has 1 aromatic carbocycles. The van der Waals surface area contributed by atoms with Gasteiger partial charge in [0.15, 0.2) is 0 Å². The summed E-state index contributed by atoms with van der Waals surface area (Å²) in [4.78, 5) is 8.33. The van der Waals surface area contributed by atoms with Crippen molar-refractivity contribution >= 4 is 27.0 Å². The second-order valence-electron chi connectivity index (χ2n) is 2.80. The maximum absolute atomic E-state index is 9.54. The van der Waals surface area contributed by atoms with Gasteiger partial charge in [-0.3, -0.25) is 4.98 Å². The fraction of sp³-hybridized carbons (Fsp3) is 0.111. The smallest absolute Gasteiger partial charge is 0.144 e. The van der Waals surface area contributed by atoms with Crippen molar-refractivity contribution < 1.29 is 5.11 Å². The number of aromatic nitrogens is 2. The molecule has 0 aliphatic rings. The van der Waals surface area contributed by atoms with Crippen LogP contribution in [0.15, 0.2) is 22.8 Å². The van der Waals surface area contributed by atoms with Gasteiger partial charge in [-0.1, -0.05) is 15.9 Å². The zero-order valence-electron chi connectivity index (χ0n) is 6.95. The van der Waals surface area contributed by atoms with Crippen molar-refractivity contribution in [3.05, 3.63) is 28.5 Å². The zero-order chi connectivity index (χ0) is 9.42. The third-order valence-electron chi connectivity index (χ3n) is 1.71. The highest BCUT2D eigenvalue weighted by molar-refractivity contribution is 9.10. The van der Waals surface area contributed by atoms with Gasteiger partial charge in [-0.2, -0.15) is 0 Å². The lowest BCUT2D eigenvalue weighted by Gasteiger charge is -2.01. The Balaban J connectivity index is 2.87. The number of benzene rings is 1. The Labute approximate surface area is 83.6 Å². The van der Waals surface area contributed by atoms with Gasteiger partial charge < -0.3 is 5.11 Å². The number of nitrogens with zero attached hydrogens (tertiary/aromatic N) is 2. The van der Waals surface area contributed by atoms with Gasteiger partial charge in [0.05, 0.1) is 11.2 Å². The topological polar surface area (TPSA) is 46.0 Å². The van der Waals surface area contributed by atoms with Crippen molar-refractivity contribution in [1.82, 2.24) is 9.97 Å². The Hall–Kier alpha value is -1.16. The molecule has 0 atom stereocenters. The summed E-state index contributed by atoms with van der Waals surface area (Å²) in [5.74, 6) is 0.153. The fourth-order valence-electron chi connectivity index (χ4n) is 1.15. The van der Waals surface area contributed by atoms with Crippen molar-refractivity contribution in [3.63, 3.8) is 0 Å². The molecule has 0 saturated carbocycles. The molecule has 0 aliphatic heterocycles. The van der Waals surface area contributed by atoms with E-state index in [1.54, 1.807) is 12.3 Å². The molecule has 4 heteroatoms. The maximum Gasteiger partial charge on any atom is 0.144 e. The molecule has 1 heterocycles. The van der Waals surface area contributed by atoms with Crippen LogP contribution in [-0.2, 0) is 0 Å². The molecule has 66 valence electrons. The number of phenols is 1. The first kappa shape index (κ1) is 8.44. The van der Waals surface area contributed by atoms with Gasteiger partial charge in [-0.05, 0) is 19.1 Å². The van der Waals surface area contributed by atoms with Gasteiger partial charge in [-0.25, -0.2) is 4.98 Å². The lowest BCUT2D eigenvalue weighted by molar-refractivity contribution is 0.480. The van der Waals surface area contributed by atoms with E-state index >= 15 is 0 Å². The molecule has 0 fully saturated rings. The summed E-state index contributed by atoms with van der Waals surface area (Å²) in [5.41, 5.74) is 2.03. The fourth-order valence-corrected chi connectivity index (χ4v) is 1.59. The molecule has 0 bridgehead atoms. The van der Waals surface area contributed by atoms with Gasteiger partial charge in [0.2, 0.25) is 0 Å². The SMILES string of the molecule is Cc1cnc2cc(Br)cc(O)c2n1. The van der Waals surface area contributed by atoms with Crippen LogP contribution in [0.5, 0.6) is 5.75 Å². The van der Waals surface area contributed by atoms with Crippen LogP contribution in [0.25, 0.3) is 11.0 Å². The number of rotatable bonds is 0. The Kier molecular flexibility index (Phi) is 1.92. The number of phenolic OH excluding ortho intramolecular Hbond substituents is 1. The summed E-state index contributed by atoms with van der Waals surface area (Å²) in [6, 6.07) is 3.43. The third kappa shape index (κ3) is 1.49. The quantitative estimate of drug-likeness (QED) is 0.767. The molecule has 2 aromatic rings. The van der Waals surface area contributed by atoms with E-state index in [9.17, 15) is 5.11 Å². The summed E-state index contributed by atoms with van der Waals surface area (Å²) >= 11 is 3.27. The van der Waals surface area contributed by atoms with Crippen molar-refractivity contribution in [2.75, 3.05) is 0 Å². The van der Waals surface area contributed by atoms with Gasteiger partial charge >= 0.3 is 0 Å². The average molecular weight is 239 g/mol. The van der Waals surface area contributed by atoms with E-state index in [2.05, 4.69) is 25.9 Å². The molecule has 2 rings (SSSR count). The van der Waals surface area contributed by atoms with Gasteiger partial charge in [0, 0.05) is 10.7 Å². The first-order valence-corrected chi connectivity index (χ1v) is 4.58. The highest BCUT2D eigenvalue weighted by Crippen LogP contribution is 2.26. The first-order valence-electron chi connectivity index (χ1n) is 3.78. The number of halogens is 1. The van der Waals surface area contributed by atoms with Crippen LogP contribution < -0.4 is 0 Å². The lowest BCUT2D eigenvalue weighted by atomic mass is 10.3. The summed E-state index contributed by atoms with van der Waals surface area (Å²) in [6.45, 7) is 1.84. The van der Waals surface area contributed by atoms with Crippen LogP contribution in [0, 0.1) is 6.92 Å². The first-order chi connectivity index (χ1) is 6.16. The minimum Gasteiger partial charge on any atom is -0.506 e. The Bertz CT molecular complexity index is 470. The molecular weight excluding hydrogens is 232 g/mol. The summed E-state index contributed by atoms with van der Waals surface area (Å²) < 4.78 is 0.802. The molecule has 1 N–H and O–H groups in total. The zero-order valence-corrected chi connectivity index (χ0v) is 8.54. The second kappa shape index (κ2) is 2.96. The molecule has 0 amide bonds. The molecule has 0 aliphatic carbocycles. The van der Waals surface area contributed by atoms with E-state index in [4.69, 9.17) is 0 Å². The predicted molar refractivity (Wildman–Crippen MR) is 53.6 cm³/mol. The Morgan fingerprint density at radius 3 is 2.92 bits per heavy atom. The van der Waals surface area contributed by atoms with Gasteiger partial charge in [0.25, 0.3) is 0 Å². The average Bonchev–Trinajstić information content (AvgIpc) is 2.06. The summed E-state index contributed by atoms with van der Waals surface area (Å²) in [5, 5.41) is 9.54. The minimum absolute atomic E-state index is 0.153.